The van der Waals surface area contributed by atoms with E-state index in [0.717, 1.165) is 0 Å². The molecule has 0 aliphatic rings. The first-order valence-electron chi connectivity index (χ1n) is 8.66. The van der Waals surface area contributed by atoms with Crippen LogP contribution in [0.15, 0.2) is 22.7 Å². The molecular weight excluding hydrogens is 370 g/mol. The standard InChI is InChI=1S/C16H29N7O5/c1-11(19-24)15(3,4)18-9-13(28-21-16(5,6)12(2)20-25)10-22-8-7-17-14(22)23(26)27/h7-8,13,18,21,24-25H,9-10H2,1-6H3/b19-11+,20-12+/t13-/m0/s1. The second kappa shape index (κ2) is 9.57. The molecule has 0 saturated carbocycles. The molecule has 12 nitrogen and oxygen atoms in total. The average Bonchev–Trinajstić information content (AvgIpc) is 3.10. The van der Waals surface area contributed by atoms with Crippen LogP contribution >= 0.6 is 0 Å². The van der Waals surface area contributed by atoms with Gasteiger partial charge in [-0.15, -0.1) is 0 Å². The van der Waals surface area contributed by atoms with Crippen molar-refractivity contribution in [3.05, 3.63) is 22.5 Å². The second-order valence-electron chi connectivity index (χ2n) is 7.48. The Hall–Kier alpha value is -2.57. The van der Waals surface area contributed by atoms with Crippen LogP contribution in [0.1, 0.15) is 41.5 Å². The van der Waals surface area contributed by atoms with Gasteiger partial charge in [-0.3, -0.25) is 4.84 Å². The van der Waals surface area contributed by atoms with Gasteiger partial charge in [-0.25, -0.2) is 4.57 Å². The van der Waals surface area contributed by atoms with Gasteiger partial charge >= 0.3 is 5.95 Å². The number of rotatable bonds is 11. The third kappa shape index (κ3) is 6.25. The maximum absolute atomic E-state index is 11.1. The largest absolute Gasteiger partial charge is 0.434 e. The summed E-state index contributed by atoms with van der Waals surface area (Å²) in [5.74, 6) is -0.298. The van der Waals surface area contributed by atoms with Crippen LogP contribution in [0.3, 0.4) is 0 Å². The Morgan fingerprint density at radius 3 is 2.39 bits per heavy atom. The molecule has 1 heterocycles. The third-order valence-electron chi connectivity index (χ3n) is 4.62. The molecule has 0 saturated heterocycles. The Bertz CT molecular complexity index is 693. The first kappa shape index (κ1) is 23.5. The van der Waals surface area contributed by atoms with Crippen LogP contribution < -0.4 is 10.8 Å². The van der Waals surface area contributed by atoms with Crippen molar-refractivity contribution in [3.63, 3.8) is 0 Å². The zero-order valence-corrected chi connectivity index (χ0v) is 17.0. The van der Waals surface area contributed by atoms with E-state index in [1.807, 2.05) is 13.8 Å². The summed E-state index contributed by atoms with van der Waals surface area (Å²) in [5.41, 5.74) is 2.30. The minimum atomic E-state index is -0.772. The molecule has 0 radical (unpaired) electrons. The summed E-state index contributed by atoms with van der Waals surface area (Å²) in [7, 11) is 0. The molecule has 1 atom stereocenters. The summed E-state index contributed by atoms with van der Waals surface area (Å²) in [6.45, 7) is 10.9. The SMILES string of the molecule is C/C(=N\O)C(C)(C)NC[C@@H](Cn1ccnc1[N+](=O)[O-])ONC(C)(C)/C(C)=N/O. The van der Waals surface area contributed by atoms with E-state index in [4.69, 9.17) is 15.3 Å². The predicted octanol–water partition coefficient (Wildman–Crippen LogP) is 1.53. The van der Waals surface area contributed by atoms with Crippen LogP contribution in [-0.2, 0) is 11.4 Å². The van der Waals surface area contributed by atoms with Crippen LogP contribution in [0, 0.1) is 10.1 Å². The second-order valence-corrected chi connectivity index (χ2v) is 7.48. The molecule has 0 aliphatic heterocycles. The summed E-state index contributed by atoms with van der Waals surface area (Å²) in [6.07, 6.45) is 2.27. The van der Waals surface area contributed by atoms with Crippen molar-refractivity contribution in [2.75, 3.05) is 6.54 Å². The van der Waals surface area contributed by atoms with Gasteiger partial charge in [0.1, 0.15) is 25.0 Å². The fraction of sp³-hybridized carbons (Fsp3) is 0.688. The highest BCUT2D eigenvalue weighted by Gasteiger charge is 2.28. The van der Waals surface area contributed by atoms with Gasteiger partial charge in [0.25, 0.3) is 0 Å². The molecule has 12 heteroatoms. The predicted molar refractivity (Wildman–Crippen MR) is 103 cm³/mol. The number of nitro groups is 1. The molecule has 0 aliphatic carbocycles. The highest BCUT2D eigenvalue weighted by Crippen LogP contribution is 2.13. The maximum atomic E-state index is 11.1. The average molecular weight is 399 g/mol. The van der Waals surface area contributed by atoms with Crippen molar-refractivity contribution in [1.82, 2.24) is 20.3 Å². The van der Waals surface area contributed by atoms with Crippen LogP contribution in [0.4, 0.5) is 5.95 Å². The maximum Gasteiger partial charge on any atom is 0.434 e. The molecule has 0 unspecified atom stereocenters. The molecular formula is C16H29N7O5. The number of nitrogens with zero attached hydrogens (tertiary/aromatic N) is 5. The van der Waals surface area contributed by atoms with E-state index in [1.165, 1.54) is 17.0 Å². The van der Waals surface area contributed by atoms with E-state index in [2.05, 4.69) is 26.1 Å². The van der Waals surface area contributed by atoms with Crippen molar-refractivity contribution in [2.45, 2.75) is 65.3 Å². The lowest BCUT2D eigenvalue weighted by Gasteiger charge is -2.31. The number of hydrogen-bond acceptors (Lipinski definition) is 10. The monoisotopic (exact) mass is 399 g/mol. The van der Waals surface area contributed by atoms with Crippen molar-refractivity contribution in [2.24, 2.45) is 10.3 Å². The molecule has 28 heavy (non-hydrogen) atoms. The molecule has 1 rings (SSSR count). The fourth-order valence-electron chi connectivity index (χ4n) is 2.03. The van der Waals surface area contributed by atoms with Crippen LogP contribution in [0.25, 0.3) is 0 Å². The Balaban J connectivity index is 2.96. The number of oxime groups is 2. The van der Waals surface area contributed by atoms with E-state index < -0.39 is 22.1 Å². The lowest BCUT2D eigenvalue weighted by Crippen LogP contribution is -2.53. The topological polar surface area (TPSA) is 159 Å². The zero-order valence-electron chi connectivity index (χ0n) is 17.0. The molecule has 0 fully saturated rings. The molecule has 0 amide bonds. The van der Waals surface area contributed by atoms with Crippen molar-refractivity contribution < 1.29 is 20.2 Å². The molecule has 4 N–H and O–H groups in total. The fourth-order valence-corrected chi connectivity index (χ4v) is 2.03. The van der Waals surface area contributed by atoms with Crippen LogP contribution in [0.2, 0.25) is 0 Å². The lowest BCUT2D eigenvalue weighted by atomic mass is 9.99. The Morgan fingerprint density at radius 1 is 1.29 bits per heavy atom. The number of nitrogens with one attached hydrogen (secondary N) is 2. The third-order valence-corrected chi connectivity index (χ3v) is 4.62. The van der Waals surface area contributed by atoms with Crippen molar-refractivity contribution >= 4 is 17.4 Å². The lowest BCUT2D eigenvalue weighted by molar-refractivity contribution is -0.397. The van der Waals surface area contributed by atoms with Gasteiger partial charge < -0.3 is 25.8 Å². The highest BCUT2D eigenvalue weighted by atomic mass is 16.7. The number of hydroxylamine groups is 1. The van der Waals surface area contributed by atoms with E-state index in [9.17, 15) is 10.1 Å². The normalized spacial score (nSPS) is 14.9. The summed E-state index contributed by atoms with van der Waals surface area (Å²) >= 11 is 0. The van der Waals surface area contributed by atoms with Crippen LogP contribution in [-0.4, -0.2) is 60.0 Å². The van der Waals surface area contributed by atoms with E-state index >= 15 is 0 Å². The van der Waals surface area contributed by atoms with E-state index in [1.54, 1.807) is 27.7 Å². The Labute approximate surface area is 163 Å². The van der Waals surface area contributed by atoms with Gasteiger partial charge in [0.2, 0.25) is 0 Å². The van der Waals surface area contributed by atoms with Gasteiger partial charge in [-0.05, 0) is 46.5 Å². The van der Waals surface area contributed by atoms with Gasteiger partial charge in [0, 0.05) is 6.54 Å². The summed E-state index contributed by atoms with van der Waals surface area (Å²) < 4.78 is 1.37. The summed E-state index contributed by atoms with van der Waals surface area (Å²) in [6, 6.07) is 0. The van der Waals surface area contributed by atoms with E-state index in [-0.39, 0.29) is 19.0 Å². The zero-order chi connectivity index (χ0) is 21.5. The summed E-state index contributed by atoms with van der Waals surface area (Å²) in [4.78, 5) is 20.0. The number of hydrogen-bond donors (Lipinski definition) is 4. The van der Waals surface area contributed by atoms with E-state index in [0.29, 0.717) is 11.4 Å². The molecule has 1 aromatic rings. The molecule has 158 valence electrons. The molecule has 0 aromatic carbocycles. The first-order valence-corrected chi connectivity index (χ1v) is 8.66. The first-order chi connectivity index (χ1) is 12.9. The van der Waals surface area contributed by atoms with Crippen molar-refractivity contribution in [1.29, 1.82) is 0 Å². The minimum absolute atomic E-state index is 0.132. The van der Waals surface area contributed by atoms with Crippen LogP contribution in [0.5, 0.6) is 0 Å². The Kier molecular flexibility index (Phi) is 8.02. The van der Waals surface area contributed by atoms with Gasteiger partial charge in [-0.1, -0.05) is 15.3 Å². The molecule has 0 spiro atoms. The number of aromatic nitrogens is 2. The summed E-state index contributed by atoms with van der Waals surface area (Å²) in [5, 5.41) is 38.7. The highest BCUT2D eigenvalue weighted by molar-refractivity contribution is 5.90. The van der Waals surface area contributed by atoms with Gasteiger partial charge in [0.15, 0.2) is 0 Å². The molecule has 1 aromatic heterocycles. The number of imidazole rings is 1. The smallest absolute Gasteiger partial charge is 0.411 e. The van der Waals surface area contributed by atoms with Gasteiger partial charge in [0.05, 0.1) is 22.5 Å². The van der Waals surface area contributed by atoms with Crippen molar-refractivity contribution in [3.8, 4) is 0 Å². The quantitative estimate of drug-likeness (QED) is 0.189. The van der Waals surface area contributed by atoms with Gasteiger partial charge in [-0.2, -0.15) is 5.48 Å². The molecule has 0 bridgehead atoms. The Morgan fingerprint density at radius 2 is 1.86 bits per heavy atom. The minimum Gasteiger partial charge on any atom is -0.411 e.